The number of nitrogens with zero attached hydrogens (tertiary/aromatic N) is 1. The van der Waals surface area contributed by atoms with Crippen LogP contribution in [0.15, 0.2) is 18.2 Å². The predicted molar refractivity (Wildman–Crippen MR) is 126 cm³/mol. The monoisotopic (exact) mass is 649 g/mol. The van der Waals surface area contributed by atoms with Gasteiger partial charge in [0, 0.05) is 6.04 Å². The van der Waals surface area contributed by atoms with Gasteiger partial charge >= 0.3 is 166 Å². The minimum Gasteiger partial charge on any atom is -0.545 e. The molecule has 1 fully saturated rings. The van der Waals surface area contributed by atoms with Crippen molar-refractivity contribution in [3.63, 3.8) is 0 Å². The smallest absolute Gasteiger partial charge is 0.545 e. The molecule has 3 N–H and O–H groups in total. The van der Waals surface area contributed by atoms with Crippen LogP contribution in [0.5, 0.6) is 0 Å². The second-order valence-electron chi connectivity index (χ2n) is 7.78. The summed E-state index contributed by atoms with van der Waals surface area (Å²) in [6.45, 7) is 15.8. The van der Waals surface area contributed by atoms with Crippen LogP contribution in [0, 0.1) is 44.5 Å². The van der Waals surface area contributed by atoms with Crippen LogP contribution in [0.4, 0.5) is 11.5 Å². The molecule has 2 aromatic rings. The van der Waals surface area contributed by atoms with Crippen LogP contribution in [0.25, 0.3) is 0 Å². The fraction of sp³-hybridized carbons (Fsp3) is 0.500. The Morgan fingerprint density at radius 1 is 1.33 bits per heavy atom. The molecular weight excluding hydrogens is 617 g/mol. The molecule has 4 rings (SSSR count). The summed E-state index contributed by atoms with van der Waals surface area (Å²) in [6, 6.07) is 7.16. The van der Waals surface area contributed by atoms with Gasteiger partial charge in [-0.25, -0.2) is 0 Å². The number of anilines is 2. The average molecular weight is 649 g/mol. The summed E-state index contributed by atoms with van der Waals surface area (Å²) in [6.07, 6.45) is 5.99. The van der Waals surface area contributed by atoms with E-state index in [-0.39, 0.29) is 41.4 Å². The van der Waals surface area contributed by atoms with Crippen LogP contribution < -0.4 is 10.6 Å². The largest absolute Gasteiger partial charge is 2.00 e. The van der Waals surface area contributed by atoms with Gasteiger partial charge in [-0.05, 0) is 7.05 Å². The molecule has 2 aliphatic rings. The maximum Gasteiger partial charge on any atom is 2.00 e. The molecule has 1 saturated carbocycles. The number of benzene rings is 1. The number of aromatic nitrogens is 2. The summed E-state index contributed by atoms with van der Waals surface area (Å²) in [5.74, 6) is 3.57. The zero-order valence-corrected chi connectivity index (χ0v) is 23.4. The van der Waals surface area contributed by atoms with Gasteiger partial charge in [-0.3, -0.25) is 6.79 Å². The zero-order valence-electron chi connectivity index (χ0n) is 18.4. The molecule has 2 atom stereocenters. The normalized spacial score (nSPS) is 19.1. The zero-order chi connectivity index (χ0) is 21.4. The average Bonchev–Trinajstić information content (AvgIpc) is 3.46. The maximum absolute atomic E-state index is 7.75. The third-order valence-electron chi connectivity index (χ3n) is 5.41. The van der Waals surface area contributed by atoms with E-state index in [0.717, 1.165) is 23.0 Å². The molecule has 30 heavy (non-hydrogen) atoms. The Labute approximate surface area is 208 Å². The first-order valence-electron chi connectivity index (χ1n) is 10.1. The van der Waals surface area contributed by atoms with Gasteiger partial charge in [-0.15, -0.1) is 0 Å². The van der Waals surface area contributed by atoms with Gasteiger partial charge in [0.05, 0.1) is 0 Å². The number of hydrogen-bond acceptors (Lipinski definition) is 4. The van der Waals surface area contributed by atoms with Gasteiger partial charge in [-0.2, -0.15) is 0 Å². The van der Waals surface area contributed by atoms with E-state index in [2.05, 4.69) is 73.0 Å². The first kappa shape index (κ1) is 27.4. The Morgan fingerprint density at radius 2 is 2.03 bits per heavy atom. The van der Waals surface area contributed by atoms with E-state index in [1.807, 2.05) is 7.05 Å². The van der Waals surface area contributed by atoms with Crippen molar-refractivity contribution in [3.05, 3.63) is 47.0 Å². The second kappa shape index (κ2) is 13.7. The van der Waals surface area contributed by atoms with Gasteiger partial charge in [-0.1, -0.05) is 13.8 Å². The number of aromatic amines is 1. The van der Waals surface area contributed by atoms with E-state index in [4.69, 9.17) is 11.5 Å². The molecule has 1 aliphatic carbocycles. The number of nitrogens with one attached hydrogen (secondary N) is 3. The fourth-order valence-electron chi connectivity index (χ4n) is 3.51. The summed E-state index contributed by atoms with van der Waals surface area (Å²) in [5.41, 5.74) is 6.55. The molecule has 0 saturated heterocycles. The van der Waals surface area contributed by atoms with Crippen molar-refractivity contribution in [3.8, 4) is 0 Å². The fourth-order valence-corrected chi connectivity index (χ4v) is 5.05. The molecule has 0 spiro atoms. The summed E-state index contributed by atoms with van der Waals surface area (Å²) < 4.78 is 0. The molecule has 1 aromatic heterocycles. The van der Waals surface area contributed by atoms with Crippen LogP contribution in [0.3, 0.4) is 0 Å². The molecule has 1 radical (unpaired) electrons. The van der Waals surface area contributed by atoms with E-state index in [9.17, 15) is 0 Å². The van der Waals surface area contributed by atoms with Crippen molar-refractivity contribution >= 4 is 35.3 Å². The van der Waals surface area contributed by atoms with Crippen molar-refractivity contribution in [2.75, 3.05) is 12.4 Å². The summed E-state index contributed by atoms with van der Waals surface area (Å²) in [5, 5.41) is 14.1. The molecule has 0 amide bonds. The van der Waals surface area contributed by atoms with Crippen molar-refractivity contribution in [2.24, 2.45) is 0 Å². The standard InChI is InChI=1S/C17H20BN3S.C4H11N.CHO.U/c1-11-14-10-22(18)9-13(14)6-7-15(11)19-17-8-16(20-21-17)12-4-2-3-5-12;1-4(2)5-3;1-2;/h2,6-8,12H,3-5,9-10H2,1H3,(H2,19,20,21);4-5H,1-3H3;1H;/q-1;;-1;+2. The Bertz CT molecular complexity index is 821. The van der Waals surface area contributed by atoms with Crippen LogP contribution in [-0.4, -0.2) is 36.8 Å². The SMILES string of the molecule is CNC(C)C.[B]=S1Cc2ccc(Nc3cc(C4C[CH-]CC4)[nH]n3)c(C)c2C1.[CH-]=O.[U+2]. The second-order valence-corrected chi connectivity index (χ2v) is 9.43. The van der Waals surface area contributed by atoms with Crippen LogP contribution >= 0.6 is 10.3 Å². The number of fused-ring (bicyclic) bond motifs is 1. The number of rotatable bonds is 4. The van der Waals surface area contributed by atoms with E-state index in [1.54, 1.807) is 0 Å². The topological polar surface area (TPSA) is 69.8 Å². The summed E-state index contributed by atoms with van der Waals surface area (Å²) >= 11 is 0. The number of hydrogen-bond donors (Lipinski definition) is 3. The molecule has 0 bridgehead atoms. The number of H-pyrrole nitrogens is 1. The van der Waals surface area contributed by atoms with E-state index < -0.39 is 0 Å². The van der Waals surface area contributed by atoms with Crippen LogP contribution in [0.2, 0.25) is 0 Å². The molecule has 2 unspecified atom stereocenters. The Morgan fingerprint density at radius 3 is 2.63 bits per heavy atom. The summed E-state index contributed by atoms with van der Waals surface area (Å²) in [7, 11) is 1.96. The number of carbonyl (C=O) groups excluding carboxylic acids is 1. The summed E-state index contributed by atoms with van der Waals surface area (Å²) in [4.78, 5) is 7.75. The van der Waals surface area contributed by atoms with Crippen LogP contribution in [0.1, 0.15) is 61.4 Å². The molecule has 5 nitrogen and oxygen atoms in total. The van der Waals surface area contributed by atoms with E-state index >= 15 is 0 Å². The molecule has 8 heteroatoms. The first-order chi connectivity index (χ1) is 14.0. The van der Waals surface area contributed by atoms with Crippen molar-refractivity contribution in [2.45, 2.75) is 63.5 Å². The van der Waals surface area contributed by atoms with Gasteiger partial charge in [0.15, 0.2) is 0 Å². The Hall–Kier alpha value is -0.673. The third-order valence-corrected chi connectivity index (χ3v) is 6.76. The molecule has 159 valence electrons. The van der Waals surface area contributed by atoms with Gasteiger partial charge in [0.1, 0.15) is 0 Å². The Balaban J connectivity index is 0.000000498. The quantitative estimate of drug-likeness (QED) is 0.257. The van der Waals surface area contributed by atoms with E-state index in [0.29, 0.717) is 12.0 Å². The predicted octanol–water partition coefficient (Wildman–Crippen LogP) is 4.64. The molecular formula is C22H32BN4OSU. The van der Waals surface area contributed by atoms with Crippen LogP contribution in [-0.2, 0) is 16.3 Å². The first-order valence-corrected chi connectivity index (χ1v) is 11.7. The van der Waals surface area contributed by atoms with Gasteiger partial charge in [0.2, 0.25) is 0 Å². The minimum absolute atomic E-state index is 0. The minimum atomic E-state index is 0. The van der Waals surface area contributed by atoms with Crippen molar-refractivity contribution < 1.29 is 35.9 Å². The Kier molecular flexibility index (Phi) is 12.5. The molecule has 1 aliphatic heterocycles. The maximum atomic E-state index is 7.75. The molecule has 2 heterocycles. The van der Waals surface area contributed by atoms with Crippen molar-refractivity contribution in [1.82, 2.24) is 15.5 Å². The van der Waals surface area contributed by atoms with Gasteiger partial charge < -0.3 is 10.1 Å². The van der Waals surface area contributed by atoms with Gasteiger partial charge in [0.25, 0.3) is 0 Å². The third kappa shape index (κ3) is 7.48. The van der Waals surface area contributed by atoms with Crippen molar-refractivity contribution in [1.29, 1.82) is 0 Å². The van der Waals surface area contributed by atoms with E-state index in [1.165, 1.54) is 41.6 Å². The molecule has 1 aromatic carbocycles.